The van der Waals surface area contributed by atoms with Gasteiger partial charge in [-0.25, -0.2) is 0 Å². The molecule has 124 valence electrons. The first-order valence-corrected chi connectivity index (χ1v) is 10.2. The maximum absolute atomic E-state index is 4.09. The molecule has 1 N–H and O–H groups in total. The van der Waals surface area contributed by atoms with Crippen molar-refractivity contribution in [1.82, 2.24) is 5.32 Å². The predicted molar refractivity (Wildman–Crippen MR) is 93.8 cm³/mol. The summed E-state index contributed by atoms with van der Waals surface area (Å²) >= 11 is 0. The number of hydrogen-bond acceptors (Lipinski definition) is 1. The first-order valence-electron chi connectivity index (χ1n) is 10.2. The van der Waals surface area contributed by atoms with E-state index >= 15 is 0 Å². The van der Waals surface area contributed by atoms with Gasteiger partial charge in [0.05, 0.1) is 0 Å². The molecule has 21 heavy (non-hydrogen) atoms. The highest BCUT2D eigenvalue weighted by Gasteiger charge is 2.16. The molecule has 1 heteroatoms. The van der Waals surface area contributed by atoms with Gasteiger partial charge in [-0.2, -0.15) is 0 Å². The van der Waals surface area contributed by atoms with Crippen LogP contribution in [0.4, 0.5) is 0 Å². The molecule has 0 unspecified atom stereocenters. The number of nitrogens with one attached hydrogen (secondary N) is 1. The molecule has 0 spiro atoms. The Kier molecular flexibility index (Phi) is 9.50. The van der Waals surface area contributed by atoms with Gasteiger partial charge in [0.25, 0.3) is 0 Å². The van der Waals surface area contributed by atoms with Gasteiger partial charge in [0.2, 0.25) is 0 Å². The summed E-state index contributed by atoms with van der Waals surface area (Å²) < 4.78 is 0. The SMILES string of the molecule is C1CCCCCC(NC2CCCCCCCC2)CCCC1. The molecule has 0 aliphatic heterocycles. The Labute approximate surface area is 133 Å². The Morgan fingerprint density at radius 3 is 0.857 bits per heavy atom. The first-order chi connectivity index (χ1) is 10.4. The van der Waals surface area contributed by atoms with Crippen molar-refractivity contribution in [2.75, 3.05) is 0 Å². The minimum atomic E-state index is 0.828. The van der Waals surface area contributed by atoms with Crippen molar-refractivity contribution in [2.45, 2.75) is 128 Å². The molecule has 0 aromatic heterocycles. The fraction of sp³-hybridized carbons (Fsp3) is 1.00. The molecule has 2 aliphatic carbocycles. The molecule has 0 saturated heterocycles. The van der Waals surface area contributed by atoms with E-state index in [-0.39, 0.29) is 0 Å². The summed E-state index contributed by atoms with van der Waals surface area (Å²) in [5.41, 5.74) is 0. The molecule has 2 aliphatic rings. The molecule has 0 radical (unpaired) electrons. The highest BCUT2D eigenvalue weighted by atomic mass is 14.9. The Morgan fingerprint density at radius 1 is 0.333 bits per heavy atom. The topological polar surface area (TPSA) is 12.0 Å². The Balaban J connectivity index is 1.75. The Bertz CT molecular complexity index is 216. The lowest BCUT2D eigenvalue weighted by atomic mass is 9.98. The zero-order valence-corrected chi connectivity index (χ0v) is 14.4. The summed E-state index contributed by atoms with van der Waals surface area (Å²) in [6, 6.07) is 1.66. The Hall–Kier alpha value is -0.0400. The van der Waals surface area contributed by atoms with Crippen LogP contribution < -0.4 is 5.32 Å². The first kappa shape index (κ1) is 17.3. The second-order valence-electron chi connectivity index (χ2n) is 7.66. The van der Waals surface area contributed by atoms with Gasteiger partial charge < -0.3 is 5.32 Å². The van der Waals surface area contributed by atoms with Gasteiger partial charge in [0.1, 0.15) is 0 Å². The van der Waals surface area contributed by atoms with Gasteiger partial charge >= 0.3 is 0 Å². The van der Waals surface area contributed by atoms with Crippen LogP contribution in [0.2, 0.25) is 0 Å². The van der Waals surface area contributed by atoms with Gasteiger partial charge in [-0.05, 0) is 25.7 Å². The molecule has 2 fully saturated rings. The summed E-state index contributed by atoms with van der Waals surface area (Å²) in [4.78, 5) is 0. The molecule has 0 amide bonds. The lowest BCUT2D eigenvalue weighted by Gasteiger charge is -2.26. The van der Waals surface area contributed by atoms with Crippen molar-refractivity contribution in [3.8, 4) is 0 Å². The van der Waals surface area contributed by atoms with Gasteiger partial charge in [-0.3, -0.25) is 0 Å². The molecular formula is C20H39N. The summed E-state index contributed by atoms with van der Waals surface area (Å²) in [6.45, 7) is 0. The van der Waals surface area contributed by atoms with Crippen molar-refractivity contribution < 1.29 is 0 Å². The normalized spacial score (nSPS) is 26.3. The summed E-state index contributed by atoms with van der Waals surface area (Å²) in [6.07, 6.45) is 26.4. The second kappa shape index (κ2) is 11.5. The van der Waals surface area contributed by atoms with Crippen LogP contribution in [0.15, 0.2) is 0 Å². The molecule has 2 saturated carbocycles. The zero-order chi connectivity index (χ0) is 14.6. The predicted octanol–water partition coefficient (Wildman–Crippen LogP) is 6.36. The van der Waals surface area contributed by atoms with Crippen LogP contribution in [0.5, 0.6) is 0 Å². The smallest absolute Gasteiger partial charge is 0.00696 e. The zero-order valence-electron chi connectivity index (χ0n) is 14.4. The maximum atomic E-state index is 4.09. The lowest BCUT2D eigenvalue weighted by molar-refractivity contribution is 0.339. The van der Waals surface area contributed by atoms with Gasteiger partial charge in [0.15, 0.2) is 0 Å². The van der Waals surface area contributed by atoms with Crippen molar-refractivity contribution >= 4 is 0 Å². The van der Waals surface area contributed by atoms with E-state index in [1.165, 1.54) is 116 Å². The van der Waals surface area contributed by atoms with Crippen molar-refractivity contribution in [2.24, 2.45) is 0 Å². The number of hydrogen-bond donors (Lipinski definition) is 1. The number of rotatable bonds is 2. The van der Waals surface area contributed by atoms with Crippen LogP contribution in [0.1, 0.15) is 116 Å². The van der Waals surface area contributed by atoms with Crippen molar-refractivity contribution in [1.29, 1.82) is 0 Å². The largest absolute Gasteiger partial charge is 0.311 e. The summed E-state index contributed by atoms with van der Waals surface area (Å²) in [7, 11) is 0. The molecular weight excluding hydrogens is 254 g/mol. The third kappa shape index (κ3) is 8.24. The fourth-order valence-corrected chi connectivity index (χ4v) is 4.29. The Morgan fingerprint density at radius 2 is 0.571 bits per heavy atom. The minimum Gasteiger partial charge on any atom is -0.311 e. The monoisotopic (exact) mass is 293 g/mol. The van der Waals surface area contributed by atoms with Gasteiger partial charge in [-0.15, -0.1) is 0 Å². The van der Waals surface area contributed by atoms with Gasteiger partial charge in [-0.1, -0.05) is 89.9 Å². The van der Waals surface area contributed by atoms with E-state index in [0.717, 1.165) is 12.1 Å². The lowest BCUT2D eigenvalue weighted by Crippen LogP contribution is -2.38. The maximum Gasteiger partial charge on any atom is 0.00696 e. The molecule has 2 rings (SSSR count). The molecule has 0 aromatic rings. The summed E-state index contributed by atoms with van der Waals surface area (Å²) in [5, 5.41) is 4.09. The quantitative estimate of drug-likeness (QED) is 0.624. The van der Waals surface area contributed by atoms with E-state index in [2.05, 4.69) is 5.32 Å². The van der Waals surface area contributed by atoms with E-state index in [4.69, 9.17) is 0 Å². The minimum absolute atomic E-state index is 0.828. The third-order valence-electron chi connectivity index (χ3n) is 5.68. The van der Waals surface area contributed by atoms with Crippen LogP contribution in [-0.4, -0.2) is 12.1 Å². The average molecular weight is 294 g/mol. The van der Waals surface area contributed by atoms with E-state index in [1.807, 2.05) is 0 Å². The van der Waals surface area contributed by atoms with E-state index in [9.17, 15) is 0 Å². The van der Waals surface area contributed by atoms with Crippen molar-refractivity contribution in [3.63, 3.8) is 0 Å². The molecule has 0 aromatic carbocycles. The molecule has 1 nitrogen and oxygen atoms in total. The highest BCUT2D eigenvalue weighted by Crippen LogP contribution is 2.21. The van der Waals surface area contributed by atoms with Crippen LogP contribution >= 0.6 is 0 Å². The molecule has 0 bridgehead atoms. The van der Waals surface area contributed by atoms with Gasteiger partial charge in [0, 0.05) is 12.1 Å². The molecule has 0 atom stereocenters. The van der Waals surface area contributed by atoms with E-state index < -0.39 is 0 Å². The van der Waals surface area contributed by atoms with Crippen LogP contribution in [-0.2, 0) is 0 Å². The third-order valence-corrected chi connectivity index (χ3v) is 5.68. The van der Waals surface area contributed by atoms with Crippen LogP contribution in [0, 0.1) is 0 Å². The standard InChI is InChI=1S/C20H39N/c1-2-4-8-12-16-19(15-11-7-3-1)21-20-17-13-9-5-6-10-14-18-20/h19-21H,1-18H2. The van der Waals surface area contributed by atoms with E-state index in [1.54, 1.807) is 0 Å². The highest BCUT2D eigenvalue weighted by molar-refractivity contribution is 4.76. The van der Waals surface area contributed by atoms with E-state index in [0.29, 0.717) is 0 Å². The second-order valence-corrected chi connectivity index (χ2v) is 7.66. The van der Waals surface area contributed by atoms with Crippen LogP contribution in [0.3, 0.4) is 0 Å². The van der Waals surface area contributed by atoms with Crippen molar-refractivity contribution in [3.05, 3.63) is 0 Å². The average Bonchev–Trinajstić information content (AvgIpc) is 2.57. The molecule has 0 heterocycles. The summed E-state index contributed by atoms with van der Waals surface area (Å²) in [5.74, 6) is 0. The van der Waals surface area contributed by atoms with Crippen LogP contribution in [0.25, 0.3) is 0 Å². The fourth-order valence-electron chi connectivity index (χ4n) is 4.29.